The SMILES string of the molecule is [2H]c1c([2H])c([2H])c2c(c1[2H])c1c([2H])c([2H])c(-c3cccc(-c4ccccc4)c3)c([2H])c1n2-c1ccc2c(c1)N(c1c(-c3ccccc3)cc(C(C)(C)C)cc1-c1ccccc1)c1cc(-n3c4c([2H])c([2H])c([2H])c([2H])c4c4c([2H])c([2H])c(-c5cccc(-c6ccccc6)c5)c([2H])c43)cc3c1B2c1ccc2c(c1S3)c1ccccc1n2-c1cc(-c2ccccc2)cc(-c2ccccc2)c1. The maximum Gasteiger partial charge on any atom is 0.249 e. The Morgan fingerprint density at radius 2 is 0.703 bits per heavy atom. The maximum absolute atomic E-state index is 11.0. The summed E-state index contributed by atoms with van der Waals surface area (Å²) in [5, 5.41) is 1.85. The van der Waals surface area contributed by atoms with Gasteiger partial charge < -0.3 is 18.6 Å². The van der Waals surface area contributed by atoms with E-state index in [1.165, 1.54) is 0 Å². The molecule has 0 aliphatic carbocycles. The molecule has 0 spiro atoms. The third-order valence-electron chi connectivity index (χ3n) is 23.7. The average molecular weight is 1540 g/mol. The van der Waals surface area contributed by atoms with Crippen LogP contribution in [0.4, 0.5) is 17.1 Å². The van der Waals surface area contributed by atoms with E-state index in [9.17, 15) is 19.2 Å². The molecule has 118 heavy (non-hydrogen) atoms. The van der Waals surface area contributed by atoms with Gasteiger partial charge in [0, 0.05) is 81.7 Å². The molecule has 0 N–H and O–H groups in total. The summed E-state index contributed by atoms with van der Waals surface area (Å²) in [5.41, 5.74) is 20.7. The van der Waals surface area contributed by atoms with Crippen LogP contribution in [0.5, 0.6) is 0 Å². The summed E-state index contributed by atoms with van der Waals surface area (Å²) in [6, 6.07) is 105. The lowest BCUT2D eigenvalue weighted by Crippen LogP contribution is -2.60. The first-order valence-electron chi connectivity index (χ1n) is 46.8. The van der Waals surface area contributed by atoms with Gasteiger partial charge in [-0.1, -0.05) is 347 Å². The van der Waals surface area contributed by atoms with E-state index >= 15 is 0 Å². The number of anilines is 3. The smallest absolute Gasteiger partial charge is 0.249 e. The minimum absolute atomic E-state index is 0.000777. The number of para-hydroxylation sites is 3. The van der Waals surface area contributed by atoms with Crippen molar-refractivity contribution in [1.82, 2.24) is 13.7 Å². The van der Waals surface area contributed by atoms with Crippen molar-refractivity contribution in [2.24, 2.45) is 0 Å². The minimum Gasteiger partial charge on any atom is -0.310 e. The number of rotatable bonds is 12. The first kappa shape index (κ1) is 55.9. The van der Waals surface area contributed by atoms with Crippen LogP contribution in [-0.4, -0.2) is 20.4 Å². The van der Waals surface area contributed by atoms with Crippen molar-refractivity contribution < 1.29 is 19.2 Å². The van der Waals surface area contributed by atoms with Gasteiger partial charge >= 0.3 is 0 Å². The van der Waals surface area contributed by atoms with Gasteiger partial charge in [-0.3, -0.25) is 0 Å². The van der Waals surface area contributed by atoms with Crippen LogP contribution < -0.4 is 21.3 Å². The summed E-state index contributed by atoms with van der Waals surface area (Å²) in [7, 11) is 0. The lowest BCUT2D eigenvalue weighted by Gasteiger charge is -2.42. The lowest BCUT2D eigenvalue weighted by molar-refractivity contribution is 0.591. The normalized spacial score (nSPS) is 14.1. The second kappa shape index (κ2) is 27.7. The molecule has 3 aromatic heterocycles. The zero-order chi connectivity index (χ0) is 90.5. The van der Waals surface area contributed by atoms with Crippen molar-refractivity contribution in [2.45, 2.75) is 36.0 Å². The Morgan fingerprint density at radius 3 is 1.23 bits per heavy atom. The third kappa shape index (κ3) is 11.4. The molecule has 554 valence electrons. The summed E-state index contributed by atoms with van der Waals surface area (Å²) in [4.78, 5) is 3.93. The Bertz CT molecular complexity index is 8400. The van der Waals surface area contributed by atoms with Gasteiger partial charge in [0.2, 0.25) is 6.71 Å². The Hall–Kier alpha value is -14.4. The van der Waals surface area contributed by atoms with Crippen molar-refractivity contribution in [1.29, 1.82) is 0 Å². The number of hydrogen-bond acceptors (Lipinski definition) is 2. The molecule has 2 aliphatic heterocycles. The fraction of sp³-hybridized carbons (Fsp3) is 0.0357. The number of hydrogen-bond donors (Lipinski definition) is 0. The zero-order valence-corrected chi connectivity index (χ0v) is 65.3. The van der Waals surface area contributed by atoms with Crippen molar-refractivity contribution in [3.63, 3.8) is 0 Å². The molecule has 18 aromatic carbocycles. The van der Waals surface area contributed by atoms with Gasteiger partial charge in [-0.05, 0) is 203 Å². The Labute approximate surface area is 710 Å². The van der Waals surface area contributed by atoms with Crippen LogP contribution in [-0.2, 0) is 5.41 Å². The molecule has 21 aromatic rings. The molecule has 0 amide bonds. The summed E-state index contributed by atoms with van der Waals surface area (Å²) >= 11 is 1.59. The second-order valence-corrected chi connectivity index (χ2v) is 32.6. The maximum atomic E-state index is 11.0. The van der Waals surface area contributed by atoms with E-state index in [2.05, 4.69) is 182 Å². The van der Waals surface area contributed by atoms with Crippen molar-refractivity contribution >= 4 is 117 Å². The third-order valence-corrected chi connectivity index (χ3v) is 24.9. The lowest BCUT2D eigenvalue weighted by atomic mass is 9.34. The molecule has 2 aliphatic rings. The molecule has 0 radical (unpaired) electrons. The monoisotopic (exact) mass is 1530 g/mol. The standard InChI is InChI=1S/C112H77BN4S/c1-112(2,3)86-67-95(76-38-18-8-19-39-76)110(96(68-86)77-40-20-9-21-41-77)117-105-69-87(114-99-49-25-22-46-90(99)92-55-52-82(65-103(92)114)80-44-28-42-78(60-80)72-30-10-4-11-31-72)54-57-97(105)113-98-58-59-102-108(94-48-24-27-51-101(94)115(102)88-63-84(74-34-14-6-15-35-74)62-85(64-88)75-36-16-7-17-37-75)111(98)118-107-71-89(70-106(117)109(107)113)116-100-50-26-23-47-91(100)93-56-53-83(66-104(93)116)81-45-29-43-79(61-81)73-32-12-5-13-33-73/h4-71H,1-3H3/i22D,23D,25D,26D,46D,47D,49D,50D,52D,53D,55D,56D,65D,66D. The molecule has 0 atom stereocenters. The minimum atomic E-state index is -0.694. The molecule has 23 rings (SSSR count). The zero-order valence-electron chi connectivity index (χ0n) is 78.5. The Morgan fingerprint density at radius 1 is 0.288 bits per heavy atom. The van der Waals surface area contributed by atoms with Crippen LogP contribution in [0.25, 0.3) is 171 Å². The number of fused-ring (bicyclic) bond motifs is 14. The molecule has 6 heteroatoms. The molecular weight excluding hydrogens is 1440 g/mol. The van der Waals surface area contributed by atoms with E-state index in [0.717, 1.165) is 126 Å². The highest BCUT2D eigenvalue weighted by Gasteiger charge is 2.44. The van der Waals surface area contributed by atoms with Crippen LogP contribution in [0.1, 0.15) is 45.5 Å². The molecule has 4 nitrogen and oxygen atoms in total. The van der Waals surface area contributed by atoms with E-state index in [1.807, 2.05) is 176 Å². The van der Waals surface area contributed by atoms with E-state index in [0.29, 0.717) is 39.6 Å². The largest absolute Gasteiger partial charge is 0.310 e. The second-order valence-electron chi connectivity index (χ2n) is 31.6. The van der Waals surface area contributed by atoms with E-state index in [1.54, 1.807) is 20.9 Å². The summed E-state index contributed by atoms with van der Waals surface area (Å²) in [6.07, 6.45) is 0. The van der Waals surface area contributed by atoms with E-state index < -0.39 is 60.5 Å². The van der Waals surface area contributed by atoms with Crippen LogP contribution >= 0.6 is 11.8 Å². The first-order chi connectivity index (χ1) is 64.0. The van der Waals surface area contributed by atoms with Gasteiger partial charge in [0.1, 0.15) is 0 Å². The van der Waals surface area contributed by atoms with Gasteiger partial charge in [0.05, 0.1) is 58.0 Å². The Balaban J connectivity index is 0.895. The molecular formula is C112H77BN4S. The molecule has 0 unspecified atom stereocenters. The number of benzene rings is 18. The quantitative estimate of drug-likeness (QED) is 0.114. The molecule has 0 fully saturated rings. The van der Waals surface area contributed by atoms with Crippen LogP contribution in [0.3, 0.4) is 0 Å². The molecule has 5 heterocycles. The highest BCUT2D eigenvalue weighted by Crippen LogP contribution is 2.54. The van der Waals surface area contributed by atoms with Crippen LogP contribution in [0.2, 0.25) is 0 Å². The van der Waals surface area contributed by atoms with Gasteiger partial charge in [-0.15, -0.1) is 0 Å². The first-order valence-corrected chi connectivity index (χ1v) is 40.6. The van der Waals surface area contributed by atoms with Crippen molar-refractivity contribution in [2.75, 3.05) is 4.90 Å². The number of nitrogens with zero attached hydrogens (tertiary/aromatic N) is 4. The van der Waals surface area contributed by atoms with Gasteiger partial charge in [-0.25, -0.2) is 0 Å². The fourth-order valence-corrected chi connectivity index (χ4v) is 19.5. The highest BCUT2D eigenvalue weighted by atomic mass is 32.2. The van der Waals surface area contributed by atoms with Gasteiger partial charge in [-0.2, -0.15) is 0 Å². The molecule has 0 saturated carbocycles. The van der Waals surface area contributed by atoms with Crippen LogP contribution in [0, 0.1) is 0 Å². The Kier molecular flexibility index (Phi) is 13.1. The summed E-state index contributed by atoms with van der Waals surface area (Å²) < 4.78 is 148. The molecule has 0 bridgehead atoms. The number of aromatic nitrogens is 3. The van der Waals surface area contributed by atoms with E-state index in [-0.39, 0.29) is 91.0 Å². The summed E-state index contributed by atoms with van der Waals surface area (Å²) in [5.74, 6) is 0. The fourth-order valence-electron chi connectivity index (χ4n) is 18.1. The van der Waals surface area contributed by atoms with Gasteiger partial charge in [0.15, 0.2) is 0 Å². The van der Waals surface area contributed by atoms with Crippen LogP contribution in [0.15, 0.2) is 422 Å². The summed E-state index contributed by atoms with van der Waals surface area (Å²) in [6.45, 7) is 5.90. The van der Waals surface area contributed by atoms with Gasteiger partial charge in [0.25, 0.3) is 0 Å². The predicted molar refractivity (Wildman–Crippen MR) is 502 cm³/mol. The topological polar surface area (TPSA) is 18.0 Å². The molecule has 0 saturated heterocycles. The average Bonchev–Trinajstić information content (AvgIpc) is 1.46. The van der Waals surface area contributed by atoms with Crippen molar-refractivity contribution in [3.8, 4) is 106 Å². The van der Waals surface area contributed by atoms with E-state index in [4.69, 9.17) is 0 Å². The predicted octanol–water partition coefficient (Wildman–Crippen LogP) is 28.4. The highest BCUT2D eigenvalue weighted by molar-refractivity contribution is 8.00. The van der Waals surface area contributed by atoms with Crippen molar-refractivity contribution in [3.05, 3.63) is 418 Å².